The molecule has 0 bridgehead atoms. The van der Waals surface area contributed by atoms with Gasteiger partial charge in [0.2, 0.25) is 0 Å². The van der Waals surface area contributed by atoms with Crippen molar-refractivity contribution in [2.24, 2.45) is 5.92 Å². The molecular weight excluding hydrogens is 326 g/mol. The Morgan fingerprint density at radius 2 is 1.32 bits per heavy atom. The van der Waals surface area contributed by atoms with Crippen molar-refractivity contribution in [2.45, 2.75) is 102 Å². The number of hydrogen-bond donors (Lipinski definition) is 1. The van der Waals surface area contributed by atoms with Crippen LogP contribution in [-0.4, -0.2) is 35.9 Å². The predicted octanol–water partition coefficient (Wildman–Crippen LogP) is 6.03. The number of rotatable bonds is 16. The summed E-state index contributed by atoms with van der Waals surface area (Å²) in [6.07, 6.45) is 19.7. The van der Waals surface area contributed by atoms with Gasteiger partial charge in [0.05, 0.1) is 0 Å². The number of hydrogen-bond acceptors (Lipinski definition) is 3. The van der Waals surface area contributed by atoms with E-state index in [4.69, 9.17) is 8.85 Å². The van der Waals surface area contributed by atoms with Crippen molar-refractivity contribution in [1.29, 1.82) is 0 Å². The Morgan fingerprint density at radius 1 is 0.760 bits per heavy atom. The van der Waals surface area contributed by atoms with Gasteiger partial charge in [-0.2, -0.15) is 0 Å². The Balaban J connectivity index is 1.75. The first-order valence-corrected chi connectivity index (χ1v) is 13.5. The van der Waals surface area contributed by atoms with Crippen molar-refractivity contribution in [3.8, 4) is 0 Å². The van der Waals surface area contributed by atoms with E-state index in [-0.39, 0.29) is 0 Å². The zero-order chi connectivity index (χ0) is 18.2. The molecule has 150 valence electrons. The first kappa shape index (κ1) is 23.1. The molecule has 1 fully saturated rings. The molecule has 0 saturated heterocycles. The van der Waals surface area contributed by atoms with Crippen LogP contribution in [0.5, 0.6) is 0 Å². The monoisotopic (exact) mass is 371 g/mol. The Labute approximate surface area is 158 Å². The van der Waals surface area contributed by atoms with E-state index in [9.17, 15) is 0 Å². The van der Waals surface area contributed by atoms with Gasteiger partial charge in [0.15, 0.2) is 0 Å². The van der Waals surface area contributed by atoms with Crippen molar-refractivity contribution >= 4 is 8.56 Å². The normalized spacial score (nSPS) is 16.4. The lowest BCUT2D eigenvalue weighted by Gasteiger charge is -2.22. The molecule has 3 nitrogen and oxygen atoms in total. The molecule has 1 saturated carbocycles. The third-order valence-corrected chi connectivity index (χ3v) is 9.04. The highest BCUT2D eigenvalue weighted by molar-refractivity contribution is 6.65. The topological polar surface area (TPSA) is 30.5 Å². The van der Waals surface area contributed by atoms with Crippen LogP contribution in [0.1, 0.15) is 89.9 Å². The molecule has 0 amide bonds. The Bertz CT molecular complexity index is 292. The smallest absolute Gasteiger partial charge is 0.334 e. The van der Waals surface area contributed by atoms with E-state index >= 15 is 0 Å². The molecule has 0 unspecified atom stereocenters. The summed E-state index contributed by atoms with van der Waals surface area (Å²) in [5.74, 6) is 1.02. The largest absolute Gasteiger partial charge is 0.398 e. The molecule has 0 aromatic carbocycles. The van der Waals surface area contributed by atoms with E-state index in [1.54, 1.807) is 14.2 Å². The summed E-state index contributed by atoms with van der Waals surface area (Å²) < 4.78 is 11.1. The summed E-state index contributed by atoms with van der Waals surface area (Å²) in [6, 6.07) is 1.13. The molecule has 0 spiro atoms. The fourth-order valence-corrected chi connectivity index (χ4v) is 5.42. The standard InChI is InChI=1S/C21H45NO2Si/c1-23-25(3,24-2)20-14-9-7-5-4-6-8-13-18-22-19-17-21-15-11-10-12-16-21/h21-22H,4-20H2,1-3H3. The first-order chi connectivity index (χ1) is 12.2. The quantitative estimate of drug-likeness (QED) is 0.265. The number of unbranched alkanes of at least 4 members (excludes halogenated alkanes) is 7. The van der Waals surface area contributed by atoms with Gasteiger partial charge in [0, 0.05) is 14.2 Å². The van der Waals surface area contributed by atoms with Gasteiger partial charge in [0.1, 0.15) is 0 Å². The first-order valence-electron chi connectivity index (χ1n) is 11.0. The van der Waals surface area contributed by atoms with Gasteiger partial charge in [-0.25, -0.2) is 0 Å². The van der Waals surface area contributed by atoms with Crippen molar-refractivity contribution < 1.29 is 8.85 Å². The van der Waals surface area contributed by atoms with Crippen molar-refractivity contribution in [2.75, 3.05) is 27.3 Å². The average Bonchev–Trinajstić information content (AvgIpc) is 2.66. The fraction of sp³-hybridized carbons (Fsp3) is 1.00. The highest BCUT2D eigenvalue weighted by atomic mass is 28.4. The molecule has 1 aliphatic carbocycles. The highest BCUT2D eigenvalue weighted by Crippen LogP contribution is 2.25. The van der Waals surface area contributed by atoms with E-state index in [2.05, 4.69) is 11.9 Å². The van der Waals surface area contributed by atoms with E-state index in [0.717, 1.165) is 12.0 Å². The van der Waals surface area contributed by atoms with Gasteiger partial charge in [-0.1, -0.05) is 77.0 Å². The summed E-state index contributed by atoms with van der Waals surface area (Å²) in [5.41, 5.74) is 0. The third kappa shape index (κ3) is 12.2. The Hall–Kier alpha value is 0.0969. The summed E-state index contributed by atoms with van der Waals surface area (Å²) in [5, 5.41) is 3.66. The van der Waals surface area contributed by atoms with Crippen LogP contribution in [0.4, 0.5) is 0 Å². The van der Waals surface area contributed by atoms with Crippen molar-refractivity contribution in [1.82, 2.24) is 5.32 Å². The predicted molar refractivity (Wildman–Crippen MR) is 111 cm³/mol. The molecule has 0 aromatic heterocycles. The molecule has 0 atom stereocenters. The molecule has 1 N–H and O–H groups in total. The molecule has 0 radical (unpaired) electrons. The third-order valence-electron chi connectivity index (χ3n) is 6.05. The maximum atomic E-state index is 5.53. The van der Waals surface area contributed by atoms with Gasteiger partial charge >= 0.3 is 8.56 Å². The van der Waals surface area contributed by atoms with Crippen LogP contribution in [-0.2, 0) is 8.85 Å². The van der Waals surface area contributed by atoms with Crippen LogP contribution in [0.3, 0.4) is 0 Å². The van der Waals surface area contributed by atoms with Crippen LogP contribution in [0.2, 0.25) is 12.6 Å². The molecule has 1 aliphatic rings. The Morgan fingerprint density at radius 3 is 1.92 bits per heavy atom. The minimum atomic E-state index is -1.81. The maximum absolute atomic E-state index is 5.53. The summed E-state index contributed by atoms with van der Waals surface area (Å²) in [4.78, 5) is 0. The minimum absolute atomic E-state index is 1.02. The molecule has 0 aromatic rings. The molecule has 1 rings (SSSR count). The van der Waals surface area contributed by atoms with Gasteiger partial charge < -0.3 is 14.2 Å². The molecule has 4 heteroatoms. The number of nitrogens with one attached hydrogen (secondary N) is 1. The van der Waals surface area contributed by atoms with Gasteiger partial charge in [0.25, 0.3) is 0 Å². The van der Waals surface area contributed by atoms with Crippen LogP contribution in [0.25, 0.3) is 0 Å². The summed E-state index contributed by atoms with van der Waals surface area (Å²) >= 11 is 0. The highest BCUT2D eigenvalue weighted by Gasteiger charge is 2.27. The maximum Gasteiger partial charge on any atom is 0.334 e. The lowest BCUT2D eigenvalue weighted by Crippen LogP contribution is -2.35. The van der Waals surface area contributed by atoms with Gasteiger partial charge in [-0.3, -0.25) is 0 Å². The summed E-state index contributed by atoms with van der Waals surface area (Å²) in [7, 11) is 1.77. The Kier molecular flexibility index (Phi) is 14.1. The van der Waals surface area contributed by atoms with Crippen molar-refractivity contribution in [3.05, 3.63) is 0 Å². The second-order valence-electron chi connectivity index (χ2n) is 8.16. The molecule has 0 aliphatic heterocycles. The molecule has 25 heavy (non-hydrogen) atoms. The van der Waals surface area contributed by atoms with Crippen LogP contribution >= 0.6 is 0 Å². The minimum Gasteiger partial charge on any atom is -0.398 e. The molecular formula is C21H45NO2Si. The lowest BCUT2D eigenvalue weighted by molar-refractivity contribution is 0.248. The summed E-state index contributed by atoms with van der Waals surface area (Å²) in [6.45, 7) is 4.63. The van der Waals surface area contributed by atoms with Crippen LogP contribution in [0, 0.1) is 5.92 Å². The SMILES string of the molecule is CO[Si](C)(CCCCCCCCCCNCCC1CCCCC1)OC. The van der Waals surface area contributed by atoms with E-state index in [0.29, 0.717) is 0 Å². The van der Waals surface area contributed by atoms with Crippen LogP contribution < -0.4 is 5.32 Å². The van der Waals surface area contributed by atoms with Crippen LogP contribution in [0.15, 0.2) is 0 Å². The molecule has 0 heterocycles. The zero-order valence-electron chi connectivity index (χ0n) is 17.4. The van der Waals surface area contributed by atoms with Gasteiger partial charge in [-0.05, 0) is 44.4 Å². The van der Waals surface area contributed by atoms with Gasteiger partial charge in [-0.15, -0.1) is 0 Å². The average molecular weight is 372 g/mol. The van der Waals surface area contributed by atoms with Crippen molar-refractivity contribution in [3.63, 3.8) is 0 Å². The lowest BCUT2D eigenvalue weighted by atomic mass is 9.87. The van der Waals surface area contributed by atoms with E-state index < -0.39 is 8.56 Å². The second kappa shape index (κ2) is 15.2. The zero-order valence-corrected chi connectivity index (χ0v) is 18.4. The van der Waals surface area contributed by atoms with E-state index in [1.807, 2.05) is 0 Å². The second-order valence-corrected chi connectivity index (χ2v) is 11.7. The fourth-order valence-electron chi connectivity index (χ4n) is 3.95. The van der Waals surface area contributed by atoms with E-state index in [1.165, 1.54) is 103 Å².